The molecular formula is C20H17F4N3O2S. The second kappa shape index (κ2) is 7.75. The molecule has 0 unspecified atom stereocenters. The molecule has 158 valence electrons. The number of methoxy groups -OCH3 is 1. The summed E-state index contributed by atoms with van der Waals surface area (Å²) in [5.74, 6) is -1.58. The van der Waals surface area contributed by atoms with Crippen LogP contribution in [0.5, 0.6) is 11.5 Å². The van der Waals surface area contributed by atoms with Gasteiger partial charge in [0.2, 0.25) is 0 Å². The Morgan fingerprint density at radius 2 is 1.80 bits per heavy atom. The van der Waals surface area contributed by atoms with Crippen LogP contribution in [0.4, 0.5) is 23.4 Å². The number of rotatable bonds is 4. The largest absolute Gasteiger partial charge is 0.502 e. The molecule has 1 saturated heterocycles. The fourth-order valence-electron chi connectivity index (χ4n) is 3.38. The number of halogens is 4. The predicted octanol–water partition coefficient (Wildman–Crippen LogP) is 5.34. The van der Waals surface area contributed by atoms with E-state index < -0.39 is 23.3 Å². The van der Waals surface area contributed by atoms with Crippen molar-refractivity contribution in [2.45, 2.75) is 19.0 Å². The molecule has 4 rings (SSSR count). The SMILES string of the molecule is COc1cc(-c2cnc(-c3cnc(N4CCCC4)c(C(F)(F)F)c3)s2)cc(F)c1O. The van der Waals surface area contributed by atoms with E-state index >= 15 is 0 Å². The third-order valence-electron chi connectivity index (χ3n) is 4.86. The maximum absolute atomic E-state index is 13.9. The molecule has 1 aliphatic heterocycles. The number of hydrogen-bond acceptors (Lipinski definition) is 6. The number of phenols is 1. The van der Waals surface area contributed by atoms with Crippen molar-refractivity contribution in [3.8, 4) is 32.5 Å². The van der Waals surface area contributed by atoms with Crippen LogP contribution in [0.25, 0.3) is 21.0 Å². The quantitative estimate of drug-likeness (QED) is 0.556. The molecule has 0 spiro atoms. The highest BCUT2D eigenvalue weighted by Crippen LogP contribution is 2.41. The van der Waals surface area contributed by atoms with Gasteiger partial charge in [-0.15, -0.1) is 11.3 Å². The first-order valence-corrected chi connectivity index (χ1v) is 9.95. The van der Waals surface area contributed by atoms with Gasteiger partial charge in [-0.3, -0.25) is 0 Å². The number of phenolic OH excluding ortho intramolecular Hbond substituents is 1. The zero-order valence-corrected chi connectivity index (χ0v) is 16.6. The molecule has 1 aliphatic rings. The monoisotopic (exact) mass is 439 g/mol. The van der Waals surface area contributed by atoms with Gasteiger partial charge in [0, 0.05) is 36.6 Å². The summed E-state index contributed by atoms with van der Waals surface area (Å²) >= 11 is 1.09. The van der Waals surface area contributed by atoms with Gasteiger partial charge in [0.15, 0.2) is 17.3 Å². The molecule has 0 atom stereocenters. The van der Waals surface area contributed by atoms with Crippen LogP contribution in [0, 0.1) is 5.82 Å². The zero-order valence-electron chi connectivity index (χ0n) is 15.8. The molecule has 0 saturated carbocycles. The molecule has 5 nitrogen and oxygen atoms in total. The van der Waals surface area contributed by atoms with E-state index in [0.29, 0.717) is 28.5 Å². The van der Waals surface area contributed by atoms with E-state index in [1.165, 1.54) is 25.6 Å². The van der Waals surface area contributed by atoms with Gasteiger partial charge in [-0.1, -0.05) is 0 Å². The lowest BCUT2D eigenvalue weighted by Gasteiger charge is -2.21. The van der Waals surface area contributed by atoms with Crippen LogP contribution >= 0.6 is 11.3 Å². The molecule has 0 radical (unpaired) electrons. The lowest BCUT2D eigenvalue weighted by atomic mass is 10.1. The van der Waals surface area contributed by atoms with Gasteiger partial charge in [0.25, 0.3) is 0 Å². The van der Waals surface area contributed by atoms with Crippen LogP contribution in [0.3, 0.4) is 0 Å². The summed E-state index contributed by atoms with van der Waals surface area (Å²) in [5, 5.41) is 9.97. The van der Waals surface area contributed by atoms with Crippen molar-refractivity contribution >= 4 is 17.2 Å². The molecule has 3 heterocycles. The lowest BCUT2D eigenvalue weighted by Crippen LogP contribution is -2.23. The number of hydrogen-bond donors (Lipinski definition) is 1. The summed E-state index contributed by atoms with van der Waals surface area (Å²) < 4.78 is 59.9. The number of nitrogens with zero attached hydrogens (tertiary/aromatic N) is 3. The summed E-state index contributed by atoms with van der Waals surface area (Å²) in [6, 6.07) is 3.61. The molecule has 30 heavy (non-hydrogen) atoms. The van der Waals surface area contributed by atoms with Crippen molar-refractivity contribution in [1.82, 2.24) is 9.97 Å². The summed E-state index contributed by atoms with van der Waals surface area (Å²) in [6.45, 7) is 1.09. The molecule has 0 bridgehead atoms. The average Bonchev–Trinajstić information content (AvgIpc) is 3.41. The van der Waals surface area contributed by atoms with Crippen LogP contribution < -0.4 is 9.64 Å². The number of benzene rings is 1. The number of aromatic nitrogens is 2. The van der Waals surface area contributed by atoms with E-state index in [0.717, 1.165) is 36.3 Å². The van der Waals surface area contributed by atoms with Crippen molar-refractivity contribution in [3.63, 3.8) is 0 Å². The topological polar surface area (TPSA) is 58.5 Å². The number of ether oxygens (including phenoxy) is 1. The maximum atomic E-state index is 13.9. The first-order valence-electron chi connectivity index (χ1n) is 9.13. The Labute approximate surface area is 173 Å². The molecule has 1 fully saturated rings. The number of anilines is 1. The molecule has 0 aliphatic carbocycles. The smallest absolute Gasteiger partial charge is 0.419 e. The van der Waals surface area contributed by atoms with Crippen LogP contribution in [-0.2, 0) is 6.18 Å². The van der Waals surface area contributed by atoms with Crippen molar-refractivity contribution in [2.75, 3.05) is 25.1 Å². The molecule has 2 aromatic heterocycles. The van der Waals surface area contributed by atoms with E-state index in [1.54, 1.807) is 4.90 Å². The standard InChI is InChI=1S/C20H17F4N3O2S/c1-29-15-8-11(7-14(21)17(15)28)16-10-26-19(30-16)12-6-13(20(22,23)24)18(25-9-12)27-4-2-3-5-27/h6-10,28H,2-5H2,1H3. The summed E-state index contributed by atoms with van der Waals surface area (Å²) in [5.41, 5.74) is -0.174. The highest BCUT2D eigenvalue weighted by Gasteiger charge is 2.37. The Morgan fingerprint density at radius 3 is 2.47 bits per heavy atom. The molecule has 3 aromatic rings. The van der Waals surface area contributed by atoms with Crippen molar-refractivity contribution in [2.24, 2.45) is 0 Å². The molecule has 0 amide bonds. The van der Waals surface area contributed by atoms with Gasteiger partial charge in [0.1, 0.15) is 10.8 Å². The van der Waals surface area contributed by atoms with Crippen molar-refractivity contribution < 1.29 is 27.4 Å². The van der Waals surface area contributed by atoms with Gasteiger partial charge in [-0.25, -0.2) is 14.4 Å². The van der Waals surface area contributed by atoms with Crippen LogP contribution in [0.2, 0.25) is 0 Å². The number of pyridine rings is 1. The van der Waals surface area contributed by atoms with E-state index in [2.05, 4.69) is 9.97 Å². The van der Waals surface area contributed by atoms with Crippen LogP contribution in [0.1, 0.15) is 18.4 Å². The van der Waals surface area contributed by atoms with Gasteiger partial charge < -0.3 is 14.7 Å². The summed E-state index contributed by atoms with van der Waals surface area (Å²) in [4.78, 5) is 10.4. The lowest BCUT2D eigenvalue weighted by molar-refractivity contribution is -0.137. The normalized spacial score (nSPS) is 14.4. The Bertz CT molecular complexity index is 1080. The van der Waals surface area contributed by atoms with Gasteiger partial charge >= 0.3 is 6.18 Å². The van der Waals surface area contributed by atoms with Gasteiger partial charge in [-0.05, 0) is 31.0 Å². The predicted molar refractivity (Wildman–Crippen MR) is 105 cm³/mol. The fraction of sp³-hybridized carbons (Fsp3) is 0.300. The molecular weight excluding hydrogens is 422 g/mol. The maximum Gasteiger partial charge on any atom is 0.419 e. The fourth-order valence-corrected chi connectivity index (χ4v) is 4.26. The highest BCUT2D eigenvalue weighted by atomic mass is 32.1. The number of alkyl halides is 3. The second-order valence-electron chi connectivity index (χ2n) is 6.83. The van der Waals surface area contributed by atoms with E-state index in [1.807, 2.05) is 0 Å². The minimum Gasteiger partial charge on any atom is -0.502 e. The highest BCUT2D eigenvalue weighted by molar-refractivity contribution is 7.18. The van der Waals surface area contributed by atoms with E-state index in [4.69, 9.17) is 4.74 Å². The van der Waals surface area contributed by atoms with Crippen molar-refractivity contribution in [1.29, 1.82) is 0 Å². The van der Waals surface area contributed by atoms with E-state index in [-0.39, 0.29) is 17.1 Å². The Balaban J connectivity index is 1.72. The summed E-state index contributed by atoms with van der Waals surface area (Å²) in [7, 11) is 1.29. The first-order chi connectivity index (χ1) is 14.3. The first kappa shape index (κ1) is 20.4. The van der Waals surface area contributed by atoms with Gasteiger partial charge in [-0.2, -0.15) is 13.2 Å². The van der Waals surface area contributed by atoms with Gasteiger partial charge in [0.05, 0.1) is 17.6 Å². The Kier molecular flexibility index (Phi) is 5.27. The minimum absolute atomic E-state index is 0.0454. The Morgan fingerprint density at radius 1 is 1.07 bits per heavy atom. The zero-order chi connectivity index (χ0) is 21.5. The molecule has 10 heteroatoms. The van der Waals surface area contributed by atoms with Crippen LogP contribution in [-0.4, -0.2) is 35.3 Å². The molecule has 1 N–H and O–H groups in total. The minimum atomic E-state index is -4.55. The number of thiazole rings is 1. The summed E-state index contributed by atoms with van der Waals surface area (Å²) in [6.07, 6.45) is -0.0582. The molecule has 1 aromatic carbocycles. The average molecular weight is 439 g/mol. The Hall–Kier alpha value is -2.88. The third kappa shape index (κ3) is 3.79. The van der Waals surface area contributed by atoms with Crippen LogP contribution in [0.15, 0.2) is 30.6 Å². The number of aromatic hydroxyl groups is 1. The second-order valence-corrected chi connectivity index (χ2v) is 7.86. The van der Waals surface area contributed by atoms with Crippen molar-refractivity contribution in [3.05, 3.63) is 42.0 Å². The van der Waals surface area contributed by atoms with E-state index in [9.17, 15) is 22.7 Å². The third-order valence-corrected chi connectivity index (χ3v) is 5.96.